The molecule has 2 aromatic rings. The monoisotopic (exact) mass is 316 g/mol. The molecule has 0 N–H and O–H groups in total. The van der Waals surface area contributed by atoms with Crippen LogP contribution in [0.1, 0.15) is 33.4 Å². The predicted molar refractivity (Wildman–Crippen MR) is 87.0 cm³/mol. The van der Waals surface area contributed by atoms with E-state index < -0.39 is 17.7 Å². The summed E-state index contributed by atoms with van der Waals surface area (Å²) < 4.78 is 11.4. The van der Waals surface area contributed by atoms with E-state index in [9.17, 15) is 9.59 Å². The molecule has 0 unspecified atom stereocenters. The van der Waals surface area contributed by atoms with Gasteiger partial charge in [-0.25, -0.2) is 9.59 Å². The van der Waals surface area contributed by atoms with Crippen LogP contribution in [-0.4, -0.2) is 34.1 Å². The molecule has 0 spiro atoms. The molecule has 0 bridgehead atoms. The zero-order chi connectivity index (χ0) is 17.0. The highest BCUT2D eigenvalue weighted by Gasteiger charge is 2.21. The van der Waals surface area contributed by atoms with Gasteiger partial charge in [-0.05, 0) is 39.8 Å². The summed E-state index contributed by atoms with van der Waals surface area (Å²) in [6.45, 7) is 7.41. The Morgan fingerprint density at radius 2 is 1.96 bits per heavy atom. The number of carbonyl (C=O) groups excluding carboxylic acids is 2. The molecule has 6 nitrogen and oxygen atoms in total. The number of ether oxygens (including phenoxy) is 2. The van der Waals surface area contributed by atoms with Gasteiger partial charge in [0.05, 0.1) is 17.8 Å². The number of rotatable bonds is 3. The summed E-state index contributed by atoms with van der Waals surface area (Å²) in [5.74, 6) is -0.455. The summed E-state index contributed by atoms with van der Waals surface area (Å²) in [6, 6.07) is 7.25. The number of nitrogens with zero attached hydrogens (tertiary/aromatic N) is 2. The van der Waals surface area contributed by atoms with Crippen LogP contribution in [0.5, 0.6) is 0 Å². The molecule has 0 atom stereocenters. The average molecular weight is 316 g/mol. The van der Waals surface area contributed by atoms with Gasteiger partial charge in [0.15, 0.2) is 0 Å². The number of esters is 1. The van der Waals surface area contributed by atoms with E-state index >= 15 is 0 Å². The number of benzene rings is 1. The van der Waals surface area contributed by atoms with Gasteiger partial charge in [0.2, 0.25) is 0 Å². The Hall–Kier alpha value is -2.63. The van der Waals surface area contributed by atoms with E-state index in [1.165, 1.54) is 16.8 Å². The van der Waals surface area contributed by atoms with Gasteiger partial charge in [-0.1, -0.05) is 18.2 Å². The number of aromatic nitrogens is 2. The molecule has 0 amide bonds. The molecule has 0 fully saturated rings. The highest BCUT2D eigenvalue weighted by molar-refractivity contribution is 5.95. The first-order valence-corrected chi connectivity index (χ1v) is 7.38. The van der Waals surface area contributed by atoms with Crippen molar-refractivity contribution in [1.82, 2.24) is 9.78 Å². The molecular formula is C17H20N2O4. The highest BCUT2D eigenvalue weighted by atomic mass is 16.6. The first kappa shape index (κ1) is 16.7. The van der Waals surface area contributed by atoms with Crippen molar-refractivity contribution in [2.45, 2.75) is 33.3 Å². The highest BCUT2D eigenvalue weighted by Crippen LogP contribution is 2.21. The Kier molecular flexibility index (Phi) is 4.83. The van der Waals surface area contributed by atoms with E-state index in [1.54, 1.807) is 33.8 Å². The van der Waals surface area contributed by atoms with Gasteiger partial charge in [0.25, 0.3) is 0 Å². The second kappa shape index (κ2) is 6.64. The second-order valence-corrected chi connectivity index (χ2v) is 5.88. The van der Waals surface area contributed by atoms with Crippen LogP contribution in [0, 0.1) is 0 Å². The summed E-state index contributed by atoms with van der Waals surface area (Å²) in [7, 11) is 0. The topological polar surface area (TPSA) is 70.4 Å². The van der Waals surface area contributed by atoms with Gasteiger partial charge in [-0.2, -0.15) is 9.78 Å². The van der Waals surface area contributed by atoms with E-state index in [1.807, 2.05) is 18.2 Å². The zero-order valence-corrected chi connectivity index (χ0v) is 13.7. The van der Waals surface area contributed by atoms with Crippen molar-refractivity contribution in [1.29, 1.82) is 0 Å². The predicted octanol–water partition coefficient (Wildman–Crippen LogP) is 3.40. The minimum atomic E-state index is -0.620. The van der Waals surface area contributed by atoms with Crippen molar-refractivity contribution in [2.24, 2.45) is 0 Å². The van der Waals surface area contributed by atoms with Gasteiger partial charge in [-0.15, -0.1) is 0 Å². The van der Waals surface area contributed by atoms with Crippen molar-refractivity contribution in [3.05, 3.63) is 36.0 Å². The number of carbonyl (C=O) groups is 2. The Morgan fingerprint density at radius 1 is 1.26 bits per heavy atom. The molecule has 2 rings (SSSR count). The molecule has 0 aliphatic heterocycles. The number of hydrogen-bond donors (Lipinski definition) is 0. The van der Waals surface area contributed by atoms with Crippen molar-refractivity contribution < 1.29 is 19.1 Å². The normalized spacial score (nSPS) is 11.8. The standard InChI is InChI=1S/C17H20N2O4/c1-5-22-15(20)11-10-13-12-8-6-7-9-14(12)19(18-13)16(21)23-17(2,3)4/h6-11H,5H2,1-4H3/b11-10+. The second-order valence-electron chi connectivity index (χ2n) is 5.88. The summed E-state index contributed by atoms with van der Waals surface area (Å²) in [4.78, 5) is 23.7. The van der Waals surface area contributed by atoms with Crippen LogP contribution >= 0.6 is 0 Å². The van der Waals surface area contributed by atoms with Crippen molar-refractivity contribution in [3.8, 4) is 0 Å². The fourth-order valence-electron chi connectivity index (χ4n) is 2.00. The molecule has 0 radical (unpaired) electrons. The minimum absolute atomic E-state index is 0.302. The first-order valence-electron chi connectivity index (χ1n) is 7.38. The molecular weight excluding hydrogens is 296 g/mol. The van der Waals surface area contributed by atoms with Crippen LogP contribution in [0.4, 0.5) is 4.79 Å². The Labute approximate surface area is 134 Å². The third kappa shape index (κ3) is 4.18. The Balaban J connectivity index is 2.40. The number of para-hydroxylation sites is 1. The molecule has 23 heavy (non-hydrogen) atoms. The van der Waals surface area contributed by atoms with Gasteiger partial charge in [0.1, 0.15) is 5.60 Å². The SMILES string of the molecule is CCOC(=O)/C=C/c1nn(C(=O)OC(C)(C)C)c2ccccc12. The maximum absolute atomic E-state index is 12.3. The van der Waals surface area contributed by atoms with Gasteiger partial charge < -0.3 is 9.47 Å². The fourth-order valence-corrected chi connectivity index (χ4v) is 2.00. The lowest BCUT2D eigenvalue weighted by Gasteiger charge is -2.19. The summed E-state index contributed by atoms with van der Waals surface area (Å²) >= 11 is 0. The Morgan fingerprint density at radius 3 is 2.61 bits per heavy atom. The molecule has 122 valence electrons. The van der Waals surface area contributed by atoms with E-state index in [0.29, 0.717) is 17.8 Å². The molecule has 0 aliphatic rings. The van der Waals surface area contributed by atoms with Crippen LogP contribution in [0.25, 0.3) is 17.0 Å². The van der Waals surface area contributed by atoms with Crippen molar-refractivity contribution in [2.75, 3.05) is 6.61 Å². The van der Waals surface area contributed by atoms with E-state index in [2.05, 4.69) is 5.10 Å². The number of fused-ring (bicyclic) bond motifs is 1. The molecule has 1 aromatic carbocycles. The minimum Gasteiger partial charge on any atom is -0.463 e. The maximum atomic E-state index is 12.3. The quantitative estimate of drug-likeness (QED) is 0.641. The molecule has 1 aromatic heterocycles. The molecule has 0 saturated heterocycles. The fraction of sp³-hybridized carbons (Fsp3) is 0.353. The van der Waals surface area contributed by atoms with Gasteiger partial charge in [0, 0.05) is 11.5 Å². The van der Waals surface area contributed by atoms with E-state index in [0.717, 1.165) is 5.39 Å². The molecule has 0 aliphatic carbocycles. The average Bonchev–Trinajstić information content (AvgIpc) is 2.83. The molecule has 6 heteroatoms. The van der Waals surface area contributed by atoms with E-state index in [4.69, 9.17) is 9.47 Å². The zero-order valence-electron chi connectivity index (χ0n) is 13.7. The van der Waals surface area contributed by atoms with Crippen LogP contribution in [-0.2, 0) is 14.3 Å². The van der Waals surface area contributed by atoms with Crippen molar-refractivity contribution in [3.63, 3.8) is 0 Å². The Bertz CT molecular complexity index is 754. The van der Waals surface area contributed by atoms with Crippen LogP contribution in [0.15, 0.2) is 30.3 Å². The smallest absolute Gasteiger partial charge is 0.435 e. The summed E-state index contributed by atoms with van der Waals surface area (Å²) in [5.41, 5.74) is 0.496. The largest absolute Gasteiger partial charge is 0.463 e. The summed E-state index contributed by atoms with van der Waals surface area (Å²) in [5, 5.41) is 5.00. The summed E-state index contributed by atoms with van der Waals surface area (Å²) in [6.07, 6.45) is 2.25. The number of hydrogen-bond acceptors (Lipinski definition) is 5. The maximum Gasteiger partial charge on any atom is 0.435 e. The lowest BCUT2D eigenvalue weighted by molar-refractivity contribution is -0.137. The van der Waals surface area contributed by atoms with Gasteiger partial charge in [-0.3, -0.25) is 0 Å². The third-order valence-electron chi connectivity index (χ3n) is 2.85. The lowest BCUT2D eigenvalue weighted by Crippen LogP contribution is -2.27. The lowest BCUT2D eigenvalue weighted by atomic mass is 10.2. The van der Waals surface area contributed by atoms with Crippen LogP contribution < -0.4 is 0 Å². The van der Waals surface area contributed by atoms with Crippen LogP contribution in [0.3, 0.4) is 0 Å². The molecule has 0 saturated carbocycles. The molecule has 1 heterocycles. The van der Waals surface area contributed by atoms with Crippen molar-refractivity contribution >= 4 is 29.0 Å². The van der Waals surface area contributed by atoms with Gasteiger partial charge >= 0.3 is 12.1 Å². The first-order chi connectivity index (χ1) is 10.8. The van der Waals surface area contributed by atoms with E-state index in [-0.39, 0.29) is 0 Å². The van der Waals surface area contributed by atoms with Crippen LogP contribution in [0.2, 0.25) is 0 Å². The third-order valence-corrected chi connectivity index (χ3v) is 2.85.